The molecule has 12 heteroatoms. The van der Waals surface area contributed by atoms with Crippen molar-refractivity contribution >= 4 is 16.1 Å². The number of fused-ring (bicyclic) bond motifs is 1. The van der Waals surface area contributed by atoms with Gasteiger partial charge in [0.05, 0.1) is 37.3 Å². The average molecular weight is 503 g/mol. The monoisotopic (exact) mass is 502 g/mol. The van der Waals surface area contributed by atoms with Crippen molar-refractivity contribution in [3.05, 3.63) is 24.0 Å². The van der Waals surface area contributed by atoms with Crippen LogP contribution in [0.2, 0.25) is 0 Å². The summed E-state index contributed by atoms with van der Waals surface area (Å²) in [6.07, 6.45) is 5.03. The van der Waals surface area contributed by atoms with Gasteiger partial charge in [-0.25, -0.2) is 36.7 Å². The maximum absolute atomic E-state index is 13.2. The summed E-state index contributed by atoms with van der Waals surface area (Å²) in [6.45, 7) is 5.39. The fourth-order valence-corrected chi connectivity index (χ4v) is 6.29. The topological polar surface area (TPSA) is 111 Å². The van der Waals surface area contributed by atoms with Gasteiger partial charge in [0.15, 0.2) is 5.82 Å². The van der Waals surface area contributed by atoms with Gasteiger partial charge < -0.3 is 9.47 Å². The third-order valence-corrected chi connectivity index (χ3v) is 8.12. The maximum Gasteiger partial charge on any atom is 0.410 e. The highest BCUT2D eigenvalue weighted by molar-refractivity contribution is 7.89. The first kappa shape index (κ1) is 25.2. The van der Waals surface area contributed by atoms with E-state index in [9.17, 15) is 22.0 Å². The number of nitrogens with zero attached hydrogens (tertiary/aromatic N) is 3. The first-order valence-electron chi connectivity index (χ1n) is 11.7. The van der Waals surface area contributed by atoms with Gasteiger partial charge in [0.25, 0.3) is 0 Å². The molecule has 3 fully saturated rings. The van der Waals surface area contributed by atoms with E-state index in [-0.39, 0.29) is 30.3 Å². The highest BCUT2D eigenvalue weighted by Gasteiger charge is 2.60. The largest absolute Gasteiger partial charge is 0.447 e. The molecule has 1 aliphatic heterocycles. The Morgan fingerprint density at radius 1 is 1.32 bits per heavy atom. The summed E-state index contributed by atoms with van der Waals surface area (Å²) in [5.74, 6) is 0.547. The summed E-state index contributed by atoms with van der Waals surface area (Å²) in [4.78, 5) is 22.6. The molecule has 9 nitrogen and oxygen atoms in total. The number of halogens is 2. The van der Waals surface area contributed by atoms with E-state index >= 15 is 0 Å². The highest BCUT2D eigenvalue weighted by atomic mass is 32.2. The molecule has 1 N–H and O–H groups in total. The molecule has 6 atom stereocenters. The molecule has 0 aromatic carbocycles. The van der Waals surface area contributed by atoms with E-state index in [1.165, 1.54) is 17.3 Å². The zero-order valence-electron chi connectivity index (χ0n) is 19.6. The molecule has 190 valence electrons. The lowest BCUT2D eigenvalue weighted by Gasteiger charge is -2.33. The quantitative estimate of drug-likeness (QED) is 0.582. The Hall–Kier alpha value is -1.92. The van der Waals surface area contributed by atoms with Gasteiger partial charge in [0, 0.05) is 17.5 Å². The van der Waals surface area contributed by atoms with E-state index in [2.05, 4.69) is 14.7 Å². The van der Waals surface area contributed by atoms with E-state index in [4.69, 9.17) is 9.47 Å². The Morgan fingerprint density at radius 2 is 2.03 bits per heavy atom. The number of rotatable bonds is 8. The lowest BCUT2D eigenvalue weighted by atomic mass is 9.86. The van der Waals surface area contributed by atoms with Crippen LogP contribution in [0.5, 0.6) is 0 Å². The molecule has 1 aromatic heterocycles. The highest BCUT2D eigenvalue weighted by Crippen LogP contribution is 2.61. The summed E-state index contributed by atoms with van der Waals surface area (Å²) in [7, 11) is -4.11. The van der Waals surface area contributed by atoms with Crippen LogP contribution in [-0.2, 0) is 24.9 Å². The van der Waals surface area contributed by atoms with Crippen molar-refractivity contribution in [2.45, 2.75) is 88.6 Å². The lowest BCUT2D eigenvalue weighted by molar-refractivity contribution is -0.0147. The number of hydrogen-bond acceptors (Lipinski definition) is 7. The third kappa shape index (κ3) is 5.18. The second kappa shape index (κ2) is 9.62. The minimum absolute atomic E-state index is 0.0709. The van der Waals surface area contributed by atoms with E-state index in [0.717, 1.165) is 25.7 Å². The number of likely N-dealkylation sites (tertiary alicyclic amines) is 1. The maximum atomic E-state index is 13.2. The molecule has 34 heavy (non-hydrogen) atoms. The molecule has 0 bridgehead atoms. The molecule has 1 aromatic rings. The molecule has 2 heterocycles. The second-order valence-corrected chi connectivity index (χ2v) is 11.6. The zero-order chi connectivity index (χ0) is 24.7. The molecule has 4 rings (SSSR count). The fraction of sp³-hybridized carbons (Fsp3) is 0.773. The van der Waals surface area contributed by atoms with Crippen molar-refractivity contribution in [2.24, 2.45) is 5.92 Å². The van der Waals surface area contributed by atoms with Gasteiger partial charge in [-0.15, -0.1) is 0 Å². The molecular formula is C22H32F2N4O5S. The van der Waals surface area contributed by atoms with Crippen LogP contribution in [0.4, 0.5) is 13.6 Å². The van der Waals surface area contributed by atoms with Crippen LogP contribution in [0, 0.1) is 11.7 Å². The van der Waals surface area contributed by atoms with Crippen LogP contribution in [0.1, 0.15) is 58.7 Å². The van der Waals surface area contributed by atoms with Gasteiger partial charge in [-0.1, -0.05) is 0 Å². The van der Waals surface area contributed by atoms with Gasteiger partial charge in [-0.05, 0) is 58.8 Å². The molecule has 1 unspecified atom stereocenters. The summed E-state index contributed by atoms with van der Waals surface area (Å²) in [5, 5.41) is 0. The number of carbonyl (C=O) groups is 1. The van der Waals surface area contributed by atoms with Crippen molar-refractivity contribution in [1.82, 2.24) is 19.6 Å². The first-order valence-corrected chi connectivity index (χ1v) is 13.3. The average Bonchev–Trinajstić information content (AvgIpc) is 3.42. The van der Waals surface area contributed by atoms with Crippen LogP contribution in [0.3, 0.4) is 0 Å². The Morgan fingerprint density at radius 3 is 2.65 bits per heavy atom. The SMILES string of the molecule is CC(C)OC(=O)N1[C@H](C)C[C@H](NS(=O)(=O)CF)[C@@H]1CO[C@@H]1CC[C@]2(c3ncc(F)cn3)CC2C1. The Balaban J connectivity index is 1.41. The molecule has 2 aliphatic carbocycles. The number of ether oxygens (including phenoxy) is 2. The molecule has 2 saturated carbocycles. The van der Waals surface area contributed by atoms with Crippen LogP contribution >= 0.6 is 0 Å². The van der Waals surface area contributed by atoms with Crippen LogP contribution in [0.25, 0.3) is 0 Å². The van der Waals surface area contributed by atoms with Gasteiger partial charge in [0.1, 0.15) is 5.82 Å². The van der Waals surface area contributed by atoms with Gasteiger partial charge in [0.2, 0.25) is 16.0 Å². The van der Waals surface area contributed by atoms with E-state index < -0.39 is 40.0 Å². The standard InChI is InChI=1S/C22H32F2N4O5S/c1-13(2)33-21(29)28-14(3)6-18(27-34(30,31)12-23)19(28)11-32-17-4-5-22(8-15(22)7-17)20-25-9-16(24)10-26-20/h9-10,13-15,17-19,27H,4-8,11-12H2,1-3H3/t14-,15?,17-,18+,19+,22+/m1/s1. The van der Waals surface area contributed by atoms with E-state index in [1.54, 1.807) is 20.8 Å². The molecule has 3 aliphatic rings. The fourth-order valence-electron chi connectivity index (χ4n) is 5.51. The van der Waals surface area contributed by atoms with Crippen LogP contribution < -0.4 is 4.72 Å². The van der Waals surface area contributed by atoms with E-state index in [0.29, 0.717) is 18.2 Å². The minimum Gasteiger partial charge on any atom is -0.447 e. The number of carbonyl (C=O) groups excluding carboxylic acids is 1. The predicted molar refractivity (Wildman–Crippen MR) is 119 cm³/mol. The number of sulfonamides is 1. The summed E-state index contributed by atoms with van der Waals surface area (Å²) >= 11 is 0. The van der Waals surface area contributed by atoms with E-state index in [1.807, 2.05) is 0 Å². The zero-order valence-corrected chi connectivity index (χ0v) is 20.4. The molecular weight excluding hydrogens is 470 g/mol. The Kier molecular flexibility index (Phi) is 7.12. The summed E-state index contributed by atoms with van der Waals surface area (Å²) in [5.41, 5.74) is -0.123. The third-order valence-electron chi connectivity index (χ3n) is 7.17. The van der Waals surface area contributed by atoms with Crippen molar-refractivity contribution in [2.75, 3.05) is 12.6 Å². The normalized spacial score (nSPS) is 33.1. The predicted octanol–water partition coefficient (Wildman–Crippen LogP) is 2.67. The van der Waals surface area contributed by atoms with Crippen molar-refractivity contribution < 1.29 is 31.5 Å². The number of nitrogens with one attached hydrogen (secondary N) is 1. The smallest absolute Gasteiger partial charge is 0.410 e. The number of amides is 1. The van der Waals surface area contributed by atoms with Crippen molar-refractivity contribution in [3.63, 3.8) is 0 Å². The van der Waals surface area contributed by atoms with Gasteiger partial charge >= 0.3 is 6.09 Å². The van der Waals surface area contributed by atoms with Crippen LogP contribution in [-0.4, -0.2) is 72.3 Å². The molecule has 1 amide bonds. The lowest BCUT2D eigenvalue weighted by Crippen LogP contribution is -2.51. The molecule has 0 spiro atoms. The Bertz CT molecular complexity index is 996. The van der Waals surface area contributed by atoms with Crippen molar-refractivity contribution in [1.29, 1.82) is 0 Å². The van der Waals surface area contributed by atoms with Crippen molar-refractivity contribution in [3.8, 4) is 0 Å². The minimum atomic E-state index is -4.11. The first-order chi connectivity index (χ1) is 16.0. The summed E-state index contributed by atoms with van der Waals surface area (Å²) < 4.78 is 63.9. The number of hydrogen-bond donors (Lipinski definition) is 1. The summed E-state index contributed by atoms with van der Waals surface area (Å²) in [6, 6.07) is -3.12. The molecule has 1 saturated heterocycles. The second-order valence-electron chi connectivity index (χ2n) is 9.95. The van der Waals surface area contributed by atoms with Gasteiger partial charge in [-0.3, -0.25) is 4.90 Å². The van der Waals surface area contributed by atoms with Gasteiger partial charge in [-0.2, -0.15) is 0 Å². The number of alkyl halides is 1. The van der Waals surface area contributed by atoms with Crippen LogP contribution in [0.15, 0.2) is 12.4 Å². The Labute approximate surface area is 198 Å². The molecule has 0 radical (unpaired) electrons. The number of aromatic nitrogens is 2.